The van der Waals surface area contributed by atoms with Gasteiger partial charge >= 0.3 is 0 Å². The Labute approximate surface area is 193 Å². The Morgan fingerprint density at radius 2 is 1.58 bits per heavy atom. The third-order valence-corrected chi connectivity index (χ3v) is 8.56. The summed E-state index contributed by atoms with van der Waals surface area (Å²) in [6, 6.07) is 17.0. The fourth-order valence-corrected chi connectivity index (χ4v) is 6.38. The zero-order valence-electron chi connectivity index (χ0n) is 17.5. The van der Waals surface area contributed by atoms with E-state index in [-0.39, 0.29) is 28.8 Å². The molecule has 1 saturated heterocycles. The van der Waals surface area contributed by atoms with E-state index in [0.29, 0.717) is 12.8 Å². The molecule has 1 heterocycles. The van der Waals surface area contributed by atoms with E-state index in [1.54, 1.807) is 24.3 Å². The zero-order chi connectivity index (χ0) is 21.8. The van der Waals surface area contributed by atoms with Crippen LogP contribution in [0.5, 0.6) is 0 Å². The van der Waals surface area contributed by atoms with Gasteiger partial charge in [0.2, 0.25) is 15.9 Å². The molecule has 0 aromatic heterocycles. The van der Waals surface area contributed by atoms with Crippen molar-refractivity contribution in [2.75, 3.05) is 6.54 Å². The lowest BCUT2D eigenvalue weighted by Gasteiger charge is -2.39. The van der Waals surface area contributed by atoms with Crippen molar-refractivity contribution in [3.05, 3.63) is 64.6 Å². The summed E-state index contributed by atoms with van der Waals surface area (Å²) in [5.74, 6) is 0.223. The van der Waals surface area contributed by atoms with Crippen LogP contribution in [0.1, 0.15) is 56.6 Å². The summed E-state index contributed by atoms with van der Waals surface area (Å²) in [7, 11) is -3.55. The third-order valence-electron chi connectivity index (χ3n) is 6.49. The first-order valence-corrected chi connectivity index (χ1v) is 13.3. The van der Waals surface area contributed by atoms with Gasteiger partial charge in [-0.1, -0.05) is 46.3 Å². The minimum Gasteiger partial charge on any atom is -0.335 e. The number of amides is 1. The molecule has 0 bridgehead atoms. The predicted molar refractivity (Wildman–Crippen MR) is 125 cm³/mol. The van der Waals surface area contributed by atoms with Gasteiger partial charge in [-0.15, -0.1) is 0 Å². The molecular weight excluding hydrogens is 476 g/mol. The van der Waals surface area contributed by atoms with E-state index in [1.165, 1.54) is 5.56 Å². The number of hydrogen-bond donors (Lipinski definition) is 1. The van der Waals surface area contributed by atoms with Crippen LogP contribution >= 0.6 is 15.9 Å². The SMILES string of the molecule is O=C(C1CCC(NS(=O)(=O)c2ccc(Br)cc2)CC1)N1CCCCC1c1ccccc1. The number of nitrogens with one attached hydrogen (secondary N) is 1. The van der Waals surface area contributed by atoms with Crippen molar-refractivity contribution in [3.63, 3.8) is 0 Å². The number of carbonyl (C=O) groups excluding carboxylic acids is 1. The largest absolute Gasteiger partial charge is 0.335 e. The highest BCUT2D eigenvalue weighted by atomic mass is 79.9. The number of nitrogens with zero attached hydrogens (tertiary/aromatic N) is 1. The number of likely N-dealkylation sites (tertiary alicyclic amines) is 1. The van der Waals surface area contributed by atoms with Crippen LogP contribution in [0.4, 0.5) is 0 Å². The summed E-state index contributed by atoms with van der Waals surface area (Å²) in [4.78, 5) is 15.7. The predicted octanol–water partition coefficient (Wildman–Crippen LogP) is 5.04. The first-order valence-electron chi connectivity index (χ1n) is 11.1. The smallest absolute Gasteiger partial charge is 0.240 e. The molecule has 1 N–H and O–H groups in total. The number of sulfonamides is 1. The maximum atomic E-state index is 13.4. The molecule has 0 spiro atoms. The normalized spacial score (nSPS) is 24.7. The van der Waals surface area contributed by atoms with Gasteiger partial charge < -0.3 is 4.90 Å². The van der Waals surface area contributed by atoms with Gasteiger partial charge in [0.1, 0.15) is 0 Å². The topological polar surface area (TPSA) is 66.5 Å². The number of benzene rings is 2. The molecule has 1 aliphatic heterocycles. The first kappa shape index (κ1) is 22.5. The Bertz CT molecular complexity index is 987. The summed E-state index contributed by atoms with van der Waals surface area (Å²) < 4.78 is 29.0. The molecule has 5 nitrogen and oxygen atoms in total. The molecule has 1 saturated carbocycles. The molecule has 166 valence electrons. The van der Waals surface area contributed by atoms with Gasteiger partial charge in [-0.25, -0.2) is 13.1 Å². The van der Waals surface area contributed by atoms with Crippen molar-refractivity contribution in [3.8, 4) is 0 Å². The summed E-state index contributed by atoms with van der Waals surface area (Å²) in [6.45, 7) is 0.814. The summed E-state index contributed by atoms with van der Waals surface area (Å²) in [5, 5.41) is 0. The van der Waals surface area contributed by atoms with Gasteiger partial charge in [-0.05, 0) is 74.8 Å². The van der Waals surface area contributed by atoms with Crippen molar-refractivity contribution < 1.29 is 13.2 Å². The summed E-state index contributed by atoms with van der Waals surface area (Å²) in [6.07, 6.45) is 6.05. The average molecular weight is 505 g/mol. The summed E-state index contributed by atoms with van der Waals surface area (Å²) >= 11 is 3.33. The van der Waals surface area contributed by atoms with Gasteiger partial charge in [0.15, 0.2) is 0 Å². The minimum absolute atomic E-state index is 0.0160. The lowest BCUT2D eigenvalue weighted by atomic mass is 9.84. The van der Waals surface area contributed by atoms with Crippen LogP contribution in [0.25, 0.3) is 0 Å². The molecule has 1 unspecified atom stereocenters. The number of hydrogen-bond acceptors (Lipinski definition) is 3. The van der Waals surface area contributed by atoms with Gasteiger partial charge in [0, 0.05) is 23.0 Å². The minimum atomic E-state index is -3.55. The Balaban J connectivity index is 1.36. The van der Waals surface area contributed by atoms with Gasteiger partial charge in [0.05, 0.1) is 10.9 Å². The second-order valence-corrected chi connectivity index (χ2v) is 11.2. The van der Waals surface area contributed by atoms with E-state index in [4.69, 9.17) is 0 Å². The van der Waals surface area contributed by atoms with Crippen molar-refractivity contribution in [1.29, 1.82) is 0 Å². The average Bonchev–Trinajstić information content (AvgIpc) is 2.80. The molecule has 4 rings (SSSR count). The van der Waals surface area contributed by atoms with Crippen molar-refractivity contribution in [1.82, 2.24) is 9.62 Å². The molecule has 31 heavy (non-hydrogen) atoms. The molecular formula is C24H29BrN2O3S. The van der Waals surface area contributed by atoms with Gasteiger partial charge in [-0.3, -0.25) is 4.79 Å². The van der Waals surface area contributed by atoms with E-state index in [0.717, 1.165) is 43.1 Å². The summed E-state index contributed by atoms with van der Waals surface area (Å²) in [5.41, 5.74) is 1.21. The number of carbonyl (C=O) groups is 1. The lowest BCUT2D eigenvalue weighted by molar-refractivity contribution is -0.140. The first-order chi connectivity index (χ1) is 14.9. The third kappa shape index (κ3) is 5.38. The van der Waals surface area contributed by atoms with E-state index in [2.05, 4.69) is 37.7 Å². The Morgan fingerprint density at radius 1 is 0.903 bits per heavy atom. The monoisotopic (exact) mass is 504 g/mol. The molecule has 2 aromatic carbocycles. The van der Waals surface area contributed by atoms with Crippen LogP contribution in [0, 0.1) is 5.92 Å². The van der Waals surface area contributed by atoms with Crippen LogP contribution in [0.2, 0.25) is 0 Å². The highest BCUT2D eigenvalue weighted by molar-refractivity contribution is 9.10. The number of halogens is 1. The van der Waals surface area contributed by atoms with Crippen LogP contribution in [0.15, 0.2) is 64.0 Å². The molecule has 1 aliphatic carbocycles. The van der Waals surface area contributed by atoms with Crippen molar-refractivity contribution in [2.24, 2.45) is 5.92 Å². The van der Waals surface area contributed by atoms with Crippen LogP contribution in [-0.2, 0) is 14.8 Å². The fraction of sp³-hybridized carbons (Fsp3) is 0.458. The Kier molecular flexibility index (Phi) is 7.14. The van der Waals surface area contributed by atoms with E-state index >= 15 is 0 Å². The van der Waals surface area contributed by atoms with Crippen molar-refractivity contribution in [2.45, 2.75) is 61.9 Å². The molecule has 2 aromatic rings. The second kappa shape index (κ2) is 9.84. The maximum absolute atomic E-state index is 13.4. The molecule has 7 heteroatoms. The van der Waals surface area contributed by atoms with Crippen LogP contribution in [0.3, 0.4) is 0 Å². The van der Waals surface area contributed by atoms with Gasteiger partial charge in [-0.2, -0.15) is 0 Å². The van der Waals surface area contributed by atoms with E-state index in [9.17, 15) is 13.2 Å². The number of piperidine rings is 1. The number of rotatable bonds is 5. The standard InChI is InChI=1S/C24H29BrN2O3S/c25-20-11-15-22(16-12-20)31(29,30)26-21-13-9-19(10-14-21)24(28)27-17-5-4-8-23(27)18-6-2-1-3-7-18/h1-3,6-7,11-12,15-16,19,21,23,26H,4-5,8-10,13-14,17H2. The van der Waals surface area contributed by atoms with Gasteiger partial charge in [0.25, 0.3) is 0 Å². The lowest BCUT2D eigenvalue weighted by Crippen LogP contribution is -2.45. The van der Waals surface area contributed by atoms with E-state index < -0.39 is 10.0 Å². The second-order valence-electron chi connectivity index (χ2n) is 8.58. The van der Waals surface area contributed by atoms with Crippen molar-refractivity contribution >= 4 is 31.9 Å². The highest BCUT2D eigenvalue weighted by Crippen LogP contribution is 2.35. The van der Waals surface area contributed by atoms with Crippen LogP contribution in [-0.4, -0.2) is 31.8 Å². The van der Waals surface area contributed by atoms with E-state index in [1.807, 2.05) is 18.2 Å². The molecule has 2 fully saturated rings. The molecule has 1 amide bonds. The molecule has 1 atom stereocenters. The van der Waals surface area contributed by atoms with Crippen LogP contribution < -0.4 is 4.72 Å². The molecule has 0 radical (unpaired) electrons. The molecule has 2 aliphatic rings. The quantitative estimate of drug-likeness (QED) is 0.619. The zero-order valence-corrected chi connectivity index (χ0v) is 19.9. The Morgan fingerprint density at radius 3 is 2.26 bits per heavy atom. The highest BCUT2D eigenvalue weighted by Gasteiger charge is 2.35. The maximum Gasteiger partial charge on any atom is 0.240 e. The fourth-order valence-electron chi connectivity index (χ4n) is 4.81. The Hall–Kier alpha value is -1.70.